The van der Waals surface area contributed by atoms with Gasteiger partial charge in [0.15, 0.2) is 0 Å². The molecule has 17 heteroatoms. The number of rotatable bonds is 19. The molecule has 0 saturated carbocycles. The van der Waals surface area contributed by atoms with Gasteiger partial charge in [-0.25, -0.2) is 17.9 Å². The summed E-state index contributed by atoms with van der Waals surface area (Å²) < 4.78 is 28.7. The molecule has 0 saturated heterocycles. The van der Waals surface area contributed by atoms with Crippen molar-refractivity contribution in [3.8, 4) is 0 Å². The molecule has 0 bridgehead atoms. The molecule has 7 N–H and O–H groups in total. The van der Waals surface area contributed by atoms with Gasteiger partial charge in [0, 0.05) is 42.7 Å². The second-order valence-electron chi connectivity index (χ2n) is 12.7. The minimum absolute atomic E-state index is 0.0284. The van der Waals surface area contributed by atoms with Crippen LogP contribution >= 0.6 is 12.6 Å². The second kappa shape index (κ2) is 19.2. The van der Waals surface area contributed by atoms with E-state index in [0.717, 1.165) is 5.69 Å². The summed E-state index contributed by atoms with van der Waals surface area (Å²) in [6, 6.07) is 13.2. The predicted octanol–water partition coefficient (Wildman–Crippen LogP) is 0.419. The van der Waals surface area contributed by atoms with E-state index in [1.165, 1.54) is 6.07 Å². The summed E-state index contributed by atoms with van der Waals surface area (Å²) in [4.78, 5) is 66.1. The van der Waals surface area contributed by atoms with Crippen LogP contribution in [-0.4, -0.2) is 105 Å². The van der Waals surface area contributed by atoms with Gasteiger partial charge in [0.1, 0.15) is 24.2 Å². The van der Waals surface area contributed by atoms with Gasteiger partial charge >= 0.3 is 5.97 Å². The summed E-state index contributed by atoms with van der Waals surface area (Å²) in [5.41, 5.74) is 1.45. The zero-order chi connectivity index (χ0) is 38.6. The first-order valence-corrected chi connectivity index (χ1v) is 18.6. The molecule has 0 unspecified atom stereocenters. The van der Waals surface area contributed by atoms with Crippen molar-refractivity contribution in [3.05, 3.63) is 72.3 Å². The van der Waals surface area contributed by atoms with Crippen molar-refractivity contribution in [3.63, 3.8) is 0 Å². The van der Waals surface area contributed by atoms with E-state index >= 15 is 0 Å². The average molecular weight is 759 g/mol. The van der Waals surface area contributed by atoms with Crippen molar-refractivity contribution < 1.29 is 42.6 Å². The van der Waals surface area contributed by atoms with E-state index in [-0.39, 0.29) is 29.4 Å². The van der Waals surface area contributed by atoms with E-state index in [0.29, 0.717) is 16.3 Å². The molecule has 4 amide bonds. The molecule has 4 atom stereocenters. The van der Waals surface area contributed by atoms with E-state index < -0.39 is 76.9 Å². The van der Waals surface area contributed by atoms with Gasteiger partial charge in [0.25, 0.3) is 0 Å². The van der Waals surface area contributed by atoms with Crippen LogP contribution in [0.25, 0.3) is 10.8 Å². The van der Waals surface area contributed by atoms with Crippen molar-refractivity contribution >= 4 is 68.7 Å². The molecule has 3 aromatic rings. The molecule has 0 aliphatic carbocycles. The lowest BCUT2D eigenvalue weighted by atomic mass is 10.0. The van der Waals surface area contributed by atoms with Crippen molar-refractivity contribution in [1.82, 2.24) is 26.0 Å². The van der Waals surface area contributed by atoms with Gasteiger partial charge in [0.2, 0.25) is 33.7 Å². The molecule has 3 aromatic carbocycles. The fourth-order valence-electron chi connectivity index (χ4n) is 5.33. The van der Waals surface area contributed by atoms with Gasteiger partial charge in [-0.05, 0) is 30.0 Å². The summed E-state index contributed by atoms with van der Waals surface area (Å²) in [7, 11) is -0.521. The molecule has 0 heterocycles. The molecule has 3 rings (SSSR count). The summed E-state index contributed by atoms with van der Waals surface area (Å²) >= 11 is 4.11. The lowest BCUT2D eigenvalue weighted by Crippen LogP contribution is -2.59. The van der Waals surface area contributed by atoms with Crippen LogP contribution in [0.1, 0.15) is 25.8 Å². The van der Waals surface area contributed by atoms with Gasteiger partial charge < -0.3 is 36.4 Å². The fraction of sp³-hybridized carbons (Fsp3) is 0.400. The second-order valence-corrected chi connectivity index (χ2v) is 14.8. The van der Waals surface area contributed by atoms with E-state index in [4.69, 9.17) is 0 Å². The molecule has 52 heavy (non-hydrogen) atoms. The number of carbonyl (C=O) groups excluding carboxylic acids is 4. The predicted molar refractivity (Wildman–Crippen MR) is 199 cm³/mol. The number of hydrogen-bond donors (Lipinski definition) is 8. The number of hydrogen-bond acceptors (Lipinski definition) is 10. The Balaban J connectivity index is 1.67. The largest absolute Gasteiger partial charge is 0.480 e. The van der Waals surface area contributed by atoms with E-state index in [9.17, 15) is 42.6 Å². The van der Waals surface area contributed by atoms with E-state index in [2.05, 4.69) is 38.6 Å². The number of benzene rings is 3. The Morgan fingerprint density at radius 3 is 1.92 bits per heavy atom. The number of carboxylic acid groups (broad SMARTS) is 1. The Hall–Kier alpha value is -4.71. The zero-order valence-corrected chi connectivity index (χ0v) is 31.0. The SMILES string of the molecule is CC(C)C[C@H](NC(=O)[C@H](Cc1ccccc1)NC(=O)[C@H](CO)NC(=O)[C@H](CS)NC(=O)CNS(=O)(=O)c1cccc2c(N(C)C)cccc12)C(=O)O. The Kier molecular flexibility index (Phi) is 15.4. The summed E-state index contributed by atoms with van der Waals surface area (Å²) in [6.45, 7) is 1.98. The quantitative estimate of drug-likeness (QED) is 0.0787. The van der Waals surface area contributed by atoms with Gasteiger partial charge in [-0.2, -0.15) is 12.6 Å². The number of nitrogens with zero attached hydrogens (tertiary/aromatic N) is 1. The number of carboxylic acids is 1. The van der Waals surface area contributed by atoms with E-state index in [1.54, 1.807) is 68.4 Å². The first kappa shape index (κ1) is 41.7. The molecule has 0 aliphatic rings. The molecular formula is C35H46N6O9S2. The monoisotopic (exact) mass is 758 g/mol. The Morgan fingerprint density at radius 2 is 1.33 bits per heavy atom. The standard InChI is InChI=1S/C35H46N6O9S2/c1-21(2)16-26(35(47)48)39-32(44)25(17-22-10-6-5-7-11-22)38-33(45)27(19-42)40-34(46)28(20-51)37-31(43)18-36-52(49,50)30-15-9-12-23-24(30)13-8-14-29(23)41(3)4/h5-15,21,25-28,36,42,51H,16-20H2,1-4H3,(H,37,43)(H,38,45)(H,39,44)(H,40,46)(H,47,48)/t25-,26-,27-,28-/m0/s1. The highest BCUT2D eigenvalue weighted by atomic mass is 32.2. The smallest absolute Gasteiger partial charge is 0.326 e. The number of sulfonamides is 1. The van der Waals surface area contributed by atoms with Crippen LogP contribution in [0, 0.1) is 5.92 Å². The van der Waals surface area contributed by atoms with Gasteiger partial charge in [-0.1, -0.05) is 68.4 Å². The molecule has 282 valence electrons. The maximum absolute atomic E-state index is 13.3. The van der Waals surface area contributed by atoms with Crippen LogP contribution in [0.2, 0.25) is 0 Å². The zero-order valence-electron chi connectivity index (χ0n) is 29.3. The average Bonchev–Trinajstić information content (AvgIpc) is 3.10. The van der Waals surface area contributed by atoms with E-state index in [1.807, 2.05) is 25.1 Å². The maximum Gasteiger partial charge on any atom is 0.326 e. The number of fused-ring (bicyclic) bond motifs is 1. The Labute approximate surface area is 308 Å². The number of carbonyl (C=O) groups is 5. The molecule has 0 spiro atoms. The third-order valence-electron chi connectivity index (χ3n) is 7.94. The normalized spacial score (nSPS) is 13.8. The van der Waals surface area contributed by atoms with Crippen LogP contribution < -0.4 is 30.9 Å². The minimum atomic E-state index is -4.18. The summed E-state index contributed by atoms with van der Waals surface area (Å²) in [6.07, 6.45) is 0.112. The van der Waals surface area contributed by atoms with Crippen molar-refractivity contribution in [1.29, 1.82) is 0 Å². The van der Waals surface area contributed by atoms with Crippen molar-refractivity contribution in [2.75, 3.05) is 37.9 Å². The lowest BCUT2D eigenvalue weighted by Gasteiger charge is -2.25. The minimum Gasteiger partial charge on any atom is -0.480 e. The number of aliphatic hydroxyl groups excluding tert-OH is 1. The van der Waals surface area contributed by atoms with Crippen LogP contribution in [-0.2, 0) is 40.4 Å². The van der Waals surface area contributed by atoms with Gasteiger partial charge in [-0.3, -0.25) is 19.2 Å². The molecular weight excluding hydrogens is 713 g/mol. The summed E-state index contributed by atoms with van der Waals surface area (Å²) in [5, 5.41) is 30.4. The lowest BCUT2D eigenvalue weighted by molar-refractivity contribution is -0.142. The topological polar surface area (TPSA) is 223 Å². The first-order chi connectivity index (χ1) is 24.6. The van der Waals surface area contributed by atoms with Crippen LogP contribution in [0.15, 0.2) is 71.6 Å². The van der Waals surface area contributed by atoms with Gasteiger partial charge in [0.05, 0.1) is 18.0 Å². The molecule has 15 nitrogen and oxygen atoms in total. The molecule has 0 aliphatic heterocycles. The summed E-state index contributed by atoms with van der Waals surface area (Å²) in [5.74, 6) is -5.08. The third kappa shape index (κ3) is 11.7. The number of amides is 4. The van der Waals surface area contributed by atoms with Crippen molar-refractivity contribution in [2.24, 2.45) is 5.92 Å². The number of aliphatic hydroxyl groups is 1. The van der Waals surface area contributed by atoms with Crippen LogP contribution in [0.4, 0.5) is 5.69 Å². The Bertz CT molecular complexity index is 1840. The Morgan fingerprint density at radius 1 is 0.750 bits per heavy atom. The molecule has 0 radical (unpaired) electrons. The van der Waals surface area contributed by atoms with Crippen LogP contribution in [0.5, 0.6) is 0 Å². The first-order valence-electron chi connectivity index (χ1n) is 16.5. The highest BCUT2D eigenvalue weighted by Crippen LogP contribution is 2.30. The number of nitrogens with one attached hydrogen (secondary N) is 5. The molecule has 0 fully saturated rings. The van der Waals surface area contributed by atoms with Crippen molar-refractivity contribution in [2.45, 2.75) is 55.8 Å². The highest BCUT2D eigenvalue weighted by Gasteiger charge is 2.31. The number of aliphatic carboxylic acids is 1. The van der Waals surface area contributed by atoms with Crippen LogP contribution in [0.3, 0.4) is 0 Å². The number of thiol groups is 1. The maximum atomic E-state index is 13.3. The highest BCUT2D eigenvalue weighted by molar-refractivity contribution is 7.89. The third-order valence-corrected chi connectivity index (χ3v) is 9.76. The molecule has 0 aromatic heterocycles. The van der Waals surface area contributed by atoms with Gasteiger partial charge in [-0.15, -0.1) is 0 Å². The fourth-order valence-corrected chi connectivity index (χ4v) is 6.79. The number of anilines is 1.